The lowest BCUT2D eigenvalue weighted by Gasteiger charge is -2.09. The molecule has 126 valence electrons. The van der Waals surface area contributed by atoms with Gasteiger partial charge in [-0.15, -0.1) is 0 Å². The highest BCUT2D eigenvalue weighted by Gasteiger charge is 2.11. The maximum Gasteiger partial charge on any atom is 0.305 e. The summed E-state index contributed by atoms with van der Waals surface area (Å²) in [5.41, 5.74) is 6.02. The lowest BCUT2D eigenvalue weighted by Crippen LogP contribution is -2.41. The summed E-state index contributed by atoms with van der Waals surface area (Å²) in [6.07, 6.45) is 1.38. The van der Waals surface area contributed by atoms with Crippen molar-refractivity contribution >= 4 is 11.8 Å². The minimum Gasteiger partial charge on any atom is -0.489 e. The molecule has 0 aliphatic carbocycles. The summed E-state index contributed by atoms with van der Waals surface area (Å²) in [6.45, 7) is 0.404. The first kappa shape index (κ1) is 16.3. The molecule has 2 N–H and O–H groups in total. The zero-order valence-corrected chi connectivity index (χ0v) is 13.3. The summed E-state index contributed by atoms with van der Waals surface area (Å²) in [5.74, 6) is -0.311. The Balaban J connectivity index is 1.56. The summed E-state index contributed by atoms with van der Waals surface area (Å²) in [5, 5.41) is 0. The first-order chi connectivity index (χ1) is 12.2. The Bertz CT molecular complexity index is 845. The normalized spacial score (nSPS) is 10.1. The van der Waals surface area contributed by atoms with Crippen molar-refractivity contribution < 1.29 is 18.7 Å². The van der Waals surface area contributed by atoms with Gasteiger partial charge in [0.2, 0.25) is 0 Å². The first-order valence-corrected chi connectivity index (χ1v) is 7.63. The van der Waals surface area contributed by atoms with Crippen LogP contribution in [0.3, 0.4) is 0 Å². The molecule has 0 radical (unpaired) electrons. The fourth-order valence-corrected chi connectivity index (χ4v) is 2.12. The average molecular weight is 336 g/mol. The Hall–Kier alpha value is -3.54. The minimum atomic E-state index is -0.533. The van der Waals surface area contributed by atoms with Gasteiger partial charge in [-0.1, -0.05) is 36.4 Å². The molecule has 0 fully saturated rings. The van der Waals surface area contributed by atoms with E-state index in [0.29, 0.717) is 17.9 Å². The van der Waals surface area contributed by atoms with E-state index >= 15 is 0 Å². The second-order valence-electron chi connectivity index (χ2n) is 5.19. The van der Waals surface area contributed by atoms with E-state index < -0.39 is 11.8 Å². The highest BCUT2D eigenvalue weighted by atomic mass is 16.5. The standard InChI is InChI=1S/C19H16N2O4/c22-18(20-21-19(23)17-10-5-11-24-17)15-8-4-9-16(12-15)25-13-14-6-2-1-3-7-14/h1-12H,13H2,(H,20,22)(H,21,23). The molecule has 3 aromatic rings. The van der Waals surface area contributed by atoms with Crippen molar-refractivity contribution in [3.8, 4) is 5.75 Å². The monoisotopic (exact) mass is 336 g/mol. The molecule has 0 saturated carbocycles. The Morgan fingerprint density at radius 3 is 2.44 bits per heavy atom. The molecule has 1 heterocycles. The summed E-state index contributed by atoms with van der Waals surface area (Å²) >= 11 is 0. The van der Waals surface area contributed by atoms with Gasteiger partial charge in [0.15, 0.2) is 5.76 Å². The predicted molar refractivity (Wildman–Crippen MR) is 90.9 cm³/mol. The number of carbonyl (C=O) groups is 2. The molecule has 0 bridgehead atoms. The van der Waals surface area contributed by atoms with Crippen molar-refractivity contribution in [1.82, 2.24) is 10.9 Å². The van der Waals surface area contributed by atoms with Crippen molar-refractivity contribution in [3.63, 3.8) is 0 Å². The van der Waals surface area contributed by atoms with Gasteiger partial charge in [-0.3, -0.25) is 20.4 Å². The second kappa shape index (κ2) is 7.83. The van der Waals surface area contributed by atoms with Crippen molar-refractivity contribution in [2.24, 2.45) is 0 Å². The van der Waals surface area contributed by atoms with Crippen LogP contribution in [0.2, 0.25) is 0 Å². The molecule has 1 aromatic heterocycles. The van der Waals surface area contributed by atoms with Crippen molar-refractivity contribution in [2.75, 3.05) is 0 Å². The topological polar surface area (TPSA) is 80.6 Å². The van der Waals surface area contributed by atoms with Crippen LogP contribution in [-0.4, -0.2) is 11.8 Å². The van der Waals surface area contributed by atoms with E-state index in [4.69, 9.17) is 9.15 Å². The average Bonchev–Trinajstić information content (AvgIpc) is 3.20. The largest absolute Gasteiger partial charge is 0.489 e. The molecule has 2 aromatic carbocycles. The van der Waals surface area contributed by atoms with Gasteiger partial charge >= 0.3 is 5.91 Å². The fourth-order valence-electron chi connectivity index (χ4n) is 2.12. The minimum absolute atomic E-state index is 0.111. The SMILES string of the molecule is O=C(NNC(=O)c1ccco1)c1cccc(OCc2ccccc2)c1. The summed E-state index contributed by atoms with van der Waals surface area (Å²) in [7, 11) is 0. The number of ether oxygens (including phenoxy) is 1. The number of hydrazine groups is 1. The molecule has 0 spiro atoms. The number of hydrogen-bond acceptors (Lipinski definition) is 4. The molecule has 6 nitrogen and oxygen atoms in total. The molecule has 0 unspecified atom stereocenters. The summed E-state index contributed by atoms with van der Waals surface area (Å²) in [6, 6.07) is 19.5. The number of rotatable bonds is 5. The second-order valence-corrected chi connectivity index (χ2v) is 5.19. The molecule has 25 heavy (non-hydrogen) atoms. The lowest BCUT2D eigenvalue weighted by atomic mass is 10.2. The van der Waals surface area contributed by atoms with Crippen LogP contribution in [0.4, 0.5) is 0 Å². The van der Waals surface area contributed by atoms with Crippen LogP contribution in [-0.2, 0) is 6.61 Å². The van der Waals surface area contributed by atoms with Gasteiger partial charge in [0, 0.05) is 5.56 Å². The lowest BCUT2D eigenvalue weighted by molar-refractivity contribution is 0.0830. The van der Waals surface area contributed by atoms with Crippen LogP contribution >= 0.6 is 0 Å². The van der Waals surface area contributed by atoms with Crippen molar-refractivity contribution in [2.45, 2.75) is 6.61 Å². The molecular weight excluding hydrogens is 320 g/mol. The van der Waals surface area contributed by atoms with Crippen molar-refractivity contribution in [1.29, 1.82) is 0 Å². The van der Waals surface area contributed by atoms with E-state index in [-0.39, 0.29) is 5.76 Å². The fraction of sp³-hybridized carbons (Fsp3) is 0.0526. The number of furan rings is 1. The molecular formula is C19H16N2O4. The predicted octanol–water partition coefficient (Wildman–Crippen LogP) is 2.93. The van der Waals surface area contributed by atoms with Gasteiger partial charge in [-0.25, -0.2) is 0 Å². The van der Waals surface area contributed by atoms with Crippen LogP contribution in [0.1, 0.15) is 26.5 Å². The highest BCUT2D eigenvalue weighted by molar-refractivity contribution is 5.98. The first-order valence-electron chi connectivity index (χ1n) is 7.63. The van der Waals surface area contributed by atoms with Crippen LogP contribution in [0.5, 0.6) is 5.75 Å². The van der Waals surface area contributed by atoms with Gasteiger partial charge in [0.25, 0.3) is 5.91 Å². The maximum absolute atomic E-state index is 12.1. The van der Waals surface area contributed by atoms with Crippen LogP contribution in [0.25, 0.3) is 0 Å². The van der Waals surface area contributed by atoms with E-state index in [0.717, 1.165) is 5.56 Å². The third kappa shape index (κ3) is 4.48. The zero-order valence-electron chi connectivity index (χ0n) is 13.3. The van der Waals surface area contributed by atoms with Crippen LogP contribution in [0, 0.1) is 0 Å². The quantitative estimate of drug-likeness (QED) is 0.702. The van der Waals surface area contributed by atoms with Gasteiger partial charge in [-0.05, 0) is 35.9 Å². The smallest absolute Gasteiger partial charge is 0.305 e. The van der Waals surface area contributed by atoms with Crippen LogP contribution < -0.4 is 15.6 Å². The van der Waals surface area contributed by atoms with Crippen LogP contribution in [0.15, 0.2) is 77.4 Å². The van der Waals surface area contributed by atoms with E-state index in [1.807, 2.05) is 30.3 Å². The number of hydrogen-bond donors (Lipinski definition) is 2. The van der Waals surface area contributed by atoms with E-state index in [9.17, 15) is 9.59 Å². The highest BCUT2D eigenvalue weighted by Crippen LogP contribution is 2.15. The Kier molecular flexibility index (Phi) is 5.11. The molecule has 0 aliphatic heterocycles. The molecule has 0 atom stereocenters. The van der Waals surface area contributed by atoms with E-state index in [1.54, 1.807) is 30.3 Å². The van der Waals surface area contributed by atoms with E-state index in [2.05, 4.69) is 10.9 Å². The summed E-state index contributed by atoms with van der Waals surface area (Å²) in [4.78, 5) is 23.9. The van der Waals surface area contributed by atoms with Gasteiger partial charge in [0.05, 0.1) is 6.26 Å². The number of amides is 2. The maximum atomic E-state index is 12.1. The third-order valence-electron chi connectivity index (χ3n) is 3.38. The molecule has 0 saturated heterocycles. The number of nitrogens with one attached hydrogen (secondary N) is 2. The van der Waals surface area contributed by atoms with E-state index in [1.165, 1.54) is 12.3 Å². The number of carbonyl (C=O) groups excluding carboxylic acids is 2. The zero-order chi connectivity index (χ0) is 17.5. The summed E-state index contributed by atoms with van der Waals surface area (Å²) < 4.78 is 10.6. The number of benzene rings is 2. The Morgan fingerprint density at radius 2 is 1.68 bits per heavy atom. The molecule has 0 aliphatic rings. The molecule has 6 heteroatoms. The molecule has 2 amide bonds. The molecule has 3 rings (SSSR count). The van der Waals surface area contributed by atoms with Gasteiger partial charge in [-0.2, -0.15) is 0 Å². The van der Waals surface area contributed by atoms with Gasteiger partial charge < -0.3 is 9.15 Å². The Labute approximate surface area is 144 Å². The van der Waals surface area contributed by atoms with Gasteiger partial charge in [0.1, 0.15) is 12.4 Å². The third-order valence-corrected chi connectivity index (χ3v) is 3.38. The van der Waals surface area contributed by atoms with Crippen molar-refractivity contribution in [3.05, 3.63) is 89.9 Å². The Morgan fingerprint density at radius 1 is 0.880 bits per heavy atom.